The molecule has 0 saturated heterocycles. The van der Waals surface area contributed by atoms with Gasteiger partial charge in [-0.25, -0.2) is 0 Å². The predicted molar refractivity (Wildman–Crippen MR) is 59.5 cm³/mol. The summed E-state index contributed by atoms with van der Waals surface area (Å²) in [6.07, 6.45) is 8.97. The smallest absolute Gasteiger partial charge is 0.302 e. The molecule has 3 saturated carbocycles. The normalized spacial score (nSPS) is 55.7. The van der Waals surface area contributed by atoms with E-state index in [9.17, 15) is 4.79 Å². The van der Waals surface area contributed by atoms with Crippen LogP contribution in [0.3, 0.4) is 0 Å². The van der Waals surface area contributed by atoms with Crippen LogP contribution >= 0.6 is 0 Å². The largest absolute Gasteiger partial charge is 0.462 e. The monoisotopic (exact) mass is 218 g/mol. The van der Waals surface area contributed by atoms with E-state index in [1.54, 1.807) is 6.92 Å². The highest BCUT2D eigenvalue weighted by Crippen LogP contribution is 2.65. The minimum atomic E-state index is -0.0900. The fraction of sp³-hybridized carbons (Fsp3) is 0.786. The van der Waals surface area contributed by atoms with Gasteiger partial charge in [-0.2, -0.15) is 0 Å². The first-order valence-electron chi connectivity index (χ1n) is 6.59. The molecule has 0 radical (unpaired) electrons. The number of fused-ring (bicyclic) bond motifs is 9. The lowest BCUT2D eigenvalue weighted by molar-refractivity contribution is -0.150. The van der Waals surface area contributed by atoms with Crippen molar-refractivity contribution in [2.75, 3.05) is 0 Å². The van der Waals surface area contributed by atoms with E-state index in [4.69, 9.17) is 4.74 Å². The molecule has 0 amide bonds. The van der Waals surface area contributed by atoms with Gasteiger partial charge in [-0.15, -0.1) is 0 Å². The molecule has 0 spiro atoms. The highest BCUT2D eigenvalue weighted by Gasteiger charge is 2.61. The first-order valence-corrected chi connectivity index (χ1v) is 6.59. The summed E-state index contributed by atoms with van der Waals surface area (Å²) < 4.78 is 5.50. The molecule has 0 unspecified atom stereocenters. The van der Waals surface area contributed by atoms with Gasteiger partial charge in [0, 0.05) is 6.92 Å². The molecule has 4 aliphatic carbocycles. The van der Waals surface area contributed by atoms with E-state index in [1.165, 1.54) is 12.8 Å². The first-order chi connectivity index (χ1) is 7.74. The van der Waals surface area contributed by atoms with E-state index in [1.807, 2.05) is 0 Å². The molecule has 3 fully saturated rings. The van der Waals surface area contributed by atoms with Crippen molar-refractivity contribution in [1.29, 1.82) is 0 Å². The molecule has 4 rings (SSSR count). The molecule has 2 heteroatoms. The van der Waals surface area contributed by atoms with E-state index in [0.29, 0.717) is 5.92 Å². The number of allylic oxidation sites excluding steroid dienone is 2. The van der Waals surface area contributed by atoms with Crippen molar-refractivity contribution in [3.8, 4) is 0 Å². The molecule has 16 heavy (non-hydrogen) atoms. The van der Waals surface area contributed by atoms with Crippen LogP contribution in [-0.2, 0) is 9.53 Å². The van der Waals surface area contributed by atoms with Crippen LogP contribution in [0.4, 0.5) is 0 Å². The number of hydrogen-bond acceptors (Lipinski definition) is 2. The lowest BCUT2D eigenvalue weighted by atomic mass is 9.72. The lowest BCUT2D eigenvalue weighted by Gasteiger charge is -2.36. The van der Waals surface area contributed by atoms with E-state index in [2.05, 4.69) is 12.2 Å². The Morgan fingerprint density at radius 1 is 1.12 bits per heavy atom. The average Bonchev–Trinajstić information content (AvgIpc) is 2.93. The number of ether oxygens (including phenoxy) is 1. The quantitative estimate of drug-likeness (QED) is 0.384. The maximum atomic E-state index is 11.1. The Bertz CT molecular complexity index is 373. The Morgan fingerprint density at radius 2 is 1.88 bits per heavy atom. The molecule has 0 aromatic carbocycles. The third kappa shape index (κ3) is 1.01. The SMILES string of the molecule is CC(=O)O[C@@H]1C[C@H]2C[C@@H]1[C@@H]1[C@@H]2[C@H]2C=C[C@H]1C2. The van der Waals surface area contributed by atoms with Gasteiger partial charge in [-0.1, -0.05) is 12.2 Å². The van der Waals surface area contributed by atoms with Gasteiger partial charge in [0.25, 0.3) is 0 Å². The van der Waals surface area contributed by atoms with Crippen LogP contribution in [0.5, 0.6) is 0 Å². The zero-order valence-corrected chi connectivity index (χ0v) is 9.63. The minimum absolute atomic E-state index is 0.0900. The standard InChI is InChI=1S/C14H18O2/c1-7(15)16-12-6-10-5-11(12)14-9-3-2-8(4-9)13(10)14/h2-3,8-14H,4-6H2,1H3/t8-,9-,10+,11-,12+,13+,14+/m0/s1. The van der Waals surface area contributed by atoms with E-state index >= 15 is 0 Å². The summed E-state index contributed by atoms with van der Waals surface area (Å²) in [5, 5.41) is 0. The van der Waals surface area contributed by atoms with E-state index < -0.39 is 0 Å². The molecular formula is C14H18O2. The van der Waals surface area contributed by atoms with Crippen LogP contribution in [0.2, 0.25) is 0 Å². The fourth-order valence-electron chi connectivity index (χ4n) is 5.30. The molecule has 4 bridgehead atoms. The second-order valence-electron chi connectivity index (χ2n) is 6.15. The summed E-state index contributed by atoms with van der Waals surface area (Å²) in [5.74, 6) is 4.89. The summed E-state index contributed by atoms with van der Waals surface area (Å²) in [6, 6.07) is 0. The highest BCUT2D eigenvalue weighted by molar-refractivity contribution is 5.66. The Labute approximate surface area is 96.0 Å². The second kappa shape index (κ2) is 2.91. The lowest BCUT2D eigenvalue weighted by Crippen LogP contribution is -2.35. The summed E-state index contributed by atoms with van der Waals surface area (Å²) in [7, 11) is 0. The average molecular weight is 218 g/mol. The maximum absolute atomic E-state index is 11.1. The maximum Gasteiger partial charge on any atom is 0.302 e. The van der Waals surface area contributed by atoms with Crippen LogP contribution in [0.25, 0.3) is 0 Å². The zero-order chi connectivity index (χ0) is 10.9. The molecule has 7 atom stereocenters. The molecule has 0 aromatic heterocycles. The van der Waals surface area contributed by atoms with Crippen LogP contribution in [0, 0.1) is 35.5 Å². The van der Waals surface area contributed by atoms with Gasteiger partial charge in [0.1, 0.15) is 6.10 Å². The predicted octanol–water partition coefficient (Wildman–Crippen LogP) is 2.40. The van der Waals surface area contributed by atoms with Crippen LogP contribution in [-0.4, -0.2) is 12.1 Å². The van der Waals surface area contributed by atoms with Gasteiger partial charge < -0.3 is 4.74 Å². The van der Waals surface area contributed by atoms with E-state index in [0.717, 1.165) is 36.0 Å². The molecule has 0 N–H and O–H groups in total. The number of esters is 1. The molecule has 0 heterocycles. The van der Waals surface area contributed by atoms with Crippen LogP contribution in [0.1, 0.15) is 26.2 Å². The second-order valence-corrected chi connectivity index (χ2v) is 6.15. The number of carbonyl (C=O) groups is 1. The molecular weight excluding hydrogens is 200 g/mol. The van der Waals surface area contributed by atoms with Crippen molar-refractivity contribution in [3.63, 3.8) is 0 Å². The van der Waals surface area contributed by atoms with E-state index in [-0.39, 0.29) is 12.1 Å². The van der Waals surface area contributed by atoms with Crippen molar-refractivity contribution in [3.05, 3.63) is 12.2 Å². The third-order valence-corrected chi connectivity index (χ3v) is 5.53. The number of hydrogen-bond donors (Lipinski definition) is 0. The van der Waals surface area contributed by atoms with Crippen molar-refractivity contribution < 1.29 is 9.53 Å². The van der Waals surface area contributed by atoms with Gasteiger partial charge in [0.15, 0.2) is 0 Å². The molecule has 2 nitrogen and oxygen atoms in total. The Kier molecular flexibility index (Phi) is 1.68. The molecule has 0 aromatic rings. The minimum Gasteiger partial charge on any atom is -0.462 e. The van der Waals surface area contributed by atoms with Crippen LogP contribution in [0.15, 0.2) is 12.2 Å². The summed E-state index contributed by atoms with van der Waals surface area (Å²) in [5.41, 5.74) is 0. The number of carbonyl (C=O) groups excluding carboxylic acids is 1. The number of rotatable bonds is 1. The Morgan fingerprint density at radius 3 is 2.62 bits per heavy atom. The van der Waals surface area contributed by atoms with Gasteiger partial charge in [0.05, 0.1) is 0 Å². The summed E-state index contributed by atoms with van der Waals surface area (Å²) in [6.45, 7) is 1.55. The van der Waals surface area contributed by atoms with Crippen molar-refractivity contribution >= 4 is 5.97 Å². The van der Waals surface area contributed by atoms with Crippen molar-refractivity contribution in [2.24, 2.45) is 35.5 Å². The van der Waals surface area contributed by atoms with Gasteiger partial charge in [0.2, 0.25) is 0 Å². The van der Waals surface area contributed by atoms with Crippen molar-refractivity contribution in [1.82, 2.24) is 0 Å². The summed E-state index contributed by atoms with van der Waals surface area (Å²) in [4.78, 5) is 11.1. The first kappa shape index (κ1) is 9.26. The molecule has 86 valence electrons. The summed E-state index contributed by atoms with van der Waals surface area (Å²) >= 11 is 0. The third-order valence-electron chi connectivity index (χ3n) is 5.53. The highest BCUT2D eigenvalue weighted by atomic mass is 16.5. The molecule has 4 aliphatic rings. The topological polar surface area (TPSA) is 26.3 Å². The Hall–Kier alpha value is -0.790. The molecule has 0 aliphatic heterocycles. The van der Waals surface area contributed by atoms with Gasteiger partial charge in [-0.3, -0.25) is 4.79 Å². The fourth-order valence-corrected chi connectivity index (χ4v) is 5.30. The van der Waals surface area contributed by atoms with Crippen molar-refractivity contribution in [2.45, 2.75) is 32.3 Å². The van der Waals surface area contributed by atoms with Crippen LogP contribution < -0.4 is 0 Å². The zero-order valence-electron chi connectivity index (χ0n) is 9.63. The van der Waals surface area contributed by atoms with Gasteiger partial charge >= 0.3 is 5.97 Å². The Balaban J connectivity index is 1.61. The van der Waals surface area contributed by atoms with Gasteiger partial charge in [-0.05, 0) is 54.8 Å².